The van der Waals surface area contributed by atoms with Crippen LogP contribution < -0.4 is 5.32 Å². The van der Waals surface area contributed by atoms with Gasteiger partial charge in [0, 0.05) is 12.3 Å². The molecule has 0 saturated heterocycles. The van der Waals surface area contributed by atoms with E-state index < -0.39 is 11.7 Å². The molecule has 0 atom stereocenters. The summed E-state index contributed by atoms with van der Waals surface area (Å²) in [6.07, 6.45) is -4.42. The Morgan fingerprint density at radius 1 is 1.39 bits per heavy atom. The van der Waals surface area contributed by atoms with Crippen LogP contribution in [0.3, 0.4) is 0 Å². The smallest absolute Gasteiger partial charge is 0.361 e. The van der Waals surface area contributed by atoms with Crippen LogP contribution in [0.1, 0.15) is 11.1 Å². The molecule has 0 radical (unpaired) electrons. The molecule has 0 aromatic heterocycles. The van der Waals surface area contributed by atoms with Crippen molar-refractivity contribution in [3.63, 3.8) is 0 Å². The minimum atomic E-state index is -4.42. The van der Waals surface area contributed by atoms with Gasteiger partial charge < -0.3 is 5.32 Å². The average Bonchev–Trinajstić information content (AvgIpc) is 2.79. The van der Waals surface area contributed by atoms with Gasteiger partial charge in [-0.2, -0.15) is 13.2 Å². The van der Waals surface area contributed by atoms with Crippen molar-refractivity contribution in [2.75, 3.05) is 12.3 Å². The van der Waals surface area contributed by atoms with Gasteiger partial charge in [0.25, 0.3) is 0 Å². The number of aliphatic imine (C=N–C) groups is 1. The number of amidine groups is 1. The maximum atomic E-state index is 12.6. The lowest BCUT2D eigenvalue weighted by molar-refractivity contribution is -0.137. The predicted molar refractivity (Wildman–Crippen MR) is 68.1 cm³/mol. The molecule has 98 valence electrons. The summed E-state index contributed by atoms with van der Waals surface area (Å²) in [5.74, 6) is 0.901. The molecule has 0 spiro atoms. The molecule has 1 aliphatic heterocycles. The summed E-state index contributed by atoms with van der Waals surface area (Å²) in [6, 6.07) is 3.91. The van der Waals surface area contributed by atoms with Crippen LogP contribution in [-0.2, 0) is 12.7 Å². The van der Waals surface area contributed by atoms with E-state index in [9.17, 15) is 13.2 Å². The van der Waals surface area contributed by atoms with Crippen LogP contribution in [0.15, 0.2) is 23.2 Å². The first-order valence-corrected chi connectivity index (χ1v) is 6.60. The van der Waals surface area contributed by atoms with E-state index in [1.165, 1.54) is 6.07 Å². The average molecular weight is 295 g/mol. The second-order valence-corrected chi connectivity index (χ2v) is 5.13. The van der Waals surface area contributed by atoms with Gasteiger partial charge in [-0.3, -0.25) is 4.99 Å². The fourth-order valence-corrected chi connectivity index (χ4v) is 2.58. The third-order valence-electron chi connectivity index (χ3n) is 2.40. The maximum absolute atomic E-state index is 12.6. The molecule has 2 nitrogen and oxygen atoms in total. The summed E-state index contributed by atoms with van der Waals surface area (Å²) in [6.45, 7) is 0.984. The van der Waals surface area contributed by atoms with E-state index in [4.69, 9.17) is 11.6 Å². The van der Waals surface area contributed by atoms with Crippen LogP contribution in [0, 0.1) is 0 Å². The van der Waals surface area contributed by atoms with Gasteiger partial charge in [-0.1, -0.05) is 35.5 Å². The Kier molecular flexibility index (Phi) is 4.07. The molecule has 0 bridgehead atoms. The van der Waals surface area contributed by atoms with Crippen LogP contribution in [-0.4, -0.2) is 17.5 Å². The van der Waals surface area contributed by atoms with Gasteiger partial charge in [0.05, 0.1) is 17.1 Å². The Morgan fingerprint density at radius 3 is 2.78 bits per heavy atom. The van der Waals surface area contributed by atoms with Gasteiger partial charge in [0.1, 0.15) is 0 Å². The zero-order chi connectivity index (χ0) is 13.2. The van der Waals surface area contributed by atoms with Crippen molar-refractivity contribution in [3.05, 3.63) is 34.3 Å². The van der Waals surface area contributed by atoms with E-state index in [1.54, 1.807) is 17.8 Å². The second-order valence-electron chi connectivity index (χ2n) is 3.67. The van der Waals surface area contributed by atoms with Crippen molar-refractivity contribution in [1.82, 2.24) is 5.32 Å². The molecule has 0 fully saturated rings. The molecule has 1 aromatic carbocycles. The quantitative estimate of drug-likeness (QED) is 0.902. The number of hydrogen-bond donors (Lipinski definition) is 1. The summed E-state index contributed by atoms with van der Waals surface area (Å²) >= 11 is 7.32. The highest BCUT2D eigenvalue weighted by atomic mass is 35.5. The number of alkyl halides is 3. The molecule has 1 heterocycles. The Morgan fingerprint density at radius 2 is 2.17 bits per heavy atom. The lowest BCUT2D eigenvalue weighted by Gasteiger charge is -2.13. The number of nitrogens with one attached hydrogen (secondary N) is 1. The van der Waals surface area contributed by atoms with Crippen LogP contribution in [0.5, 0.6) is 0 Å². The summed E-state index contributed by atoms with van der Waals surface area (Å²) in [7, 11) is 0. The zero-order valence-corrected chi connectivity index (χ0v) is 10.8. The van der Waals surface area contributed by atoms with E-state index >= 15 is 0 Å². The minimum absolute atomic E-state index is 0.245. The highest BCUT2D eigenvalue weighted by Crippen LogP contribution is 2.36. The number of nitrogens with zero attached hydrogens (tertiary/aromatic N) is 1. The molecule has 0 saturated carbocycles. The maximum Gasteiger partial charge on any atom is 0.417 e. The van der Waals surface area contributed by atoms with Gasteiger partial charge in [-0.15, -0.1) is 0 Å². The first-order chi connectivity index (χ1) is 8.48. The summed E-state index contributed by atoms with van der Waals surface area (Å²) in [5, 5.41) is 3.48. The molecular formula is C11H10ClF3N2S. The van der Waals surface area contributed by atoms with Crippen molar-refractivity contribution in [2.24, 2.45) is 4.99 Å². The summed E-state index contributed by atoms with van der Waals surface area (Å²) < 4.78 is 37.9. The Labute approximate surface area is 112 Å². The first kappa shape index (κ1) is 13.5. The number of rotatable bonds is 2. The minimum Gasteiger partial charge on any atom is -0.361 e. The number of benzene rings is 1. The van der Waals surface area contributed by atoms with Gasteiger partial charge in [0.15, 0.2) is 5.17 Å². The molecule has 1 N–H and O–H groups in total. The lowest BCUT2D eigenvalue weighted by atomic mass is 10.1. The third-order valence-corrected chi connectivity index (χ3v) is 3.78. The van der Waals surface area contributed by atoms with Crippen LogP contribution in [0.4, 0.5) is 13.2 Å². The fourth-order valence-electron chi connectivity index (χ4n) is 1.55. The Bertz CT molecular complexity index is 474. The topological polar surface area (TPSA) is 24.4 Å². The standard InChI is InChI=1S/C11H10ClF3N2S/c12-9-7(6-17-10-16-4-5-18-10)2-1-3-8(9)11(13,14)15/h1-3H,4-6H2,(H,16,17). The molecule has 18 heavy (non-hydrogen) atoms. The van der Waals surface area contributed by atoms with Crippen LogP contribution >= 0.6 is 23.4 Å². The molecule has 1 aliphatic rings. The van der Waals surface area contributed by atoms with Gasteiger partial charge >= 0.3 is 6.18 Å². The highest BCUT2D eigenvalue weighted by molar-refractivity contribution is 8.14. The normalized spacial score (nSPS) is 15.7. The number of hydrogen-bond acceptors (Lipinski definition) is 3. The van der Waals surface area contributed by atoms with Crippen LogP contribution in [0.2, 0.25) is 5.02 Å². The number of halogens is 4. The lowest BCUT2D eigenvalue weighted by Crippen LogP contribution is -2.19. The van der Waals surface area contributed by atoms with Gasteiger partial charge in [0.2, 0.25) is 0 Å². The van der Waals surface area contributed by atoms with Crippen molar-refractivity contribution in [1.29, 1.82) is 0 Å². The largest absolute Gasteiger partial charge is 0.417 e. The van der Waals surface area contributed by atoms with Crippen molar-refractivity contribution in [2.45, 2.75) is 12.7 Å². The fraction of sp³-hybridized carbons (Fsp3) is 0.364. The summed E-state index contributed by atoms with van der Waals surface area (Å²) in [4.78, 5) is 4.15. The molecule has 1 aromatic rings. The molecule has 0 amide bonds. The van der Waals surface area contributed by atoms with E-state index in [2.05, 4.69) is 10.3 Å². The Hall–Kier alpha value is -0.880. The summed E-state index contributed by atoms with van der Waals surface area (Å²) in [5.41, 5.74) is -0.383. The third kappa shape index (κ3) is 3.11. The van der Waals surface area contributed by atoms with Crippen molar-refractivity contribution >= 4 is 28.5 Å². The van der Waals surface area contributed by atoms with E-state index in [1.807, 2.05) is 0 Å². The van der Waals surface area contributed by atoms with Gasteiger partial charge in [-0.05, 0) is 11.6 Å². The monoisotopic (exact) mass is 294 g/mol. The van der Waals surface area contributed by atoms with Crippen LogP contribution in [0.25, 0.3) is 0 Å². The molecule has 0 unspecified atom stereocenters. The highest BCUT2D eigenvalue weighted by Gasteiger charge is 2.33. The van der Waals surface area contributed by atoms with E-state index in [0.717, 1.165) is 23.5 Å². The predicted octanol–water partition coefficient (Wildman–Crippen LogP) is 3.55. The van der Waals surface area contributed by atoms with Gasteiger partial charge in [-0.25, -0.2) is 0 Å². The molecular weight excluding hydrogens is 285 g/mol. The first-order valence-electron chi connectivity index (χ1n) is 5.24. The van der Waals surface area contributed by atoms with Crippen molar-refractivity contribution in [3.8, 4) is 0 Å². The molecule has 2 rings (SSSR count). The second kappa shape index (κ2) is 5.40. The van der Waals surface area contributed by atoms with E-state index in [0.29, 0.717) is 5.56 Å². The van der Waals surface area contributed by atoms with E-state index in [-0.39, 0.29) is 11.6 Å². The zero-order valence-electron chi connectivity index (χ0n) is 9.22. The molecule has 7 heteroatoms. The van der Waals surface area contributed by atoms with Crippen molar-refractivity contribution < 1.29 is 13.2 Å². The Balaban J connectivity index is 2.13. The SMILES string of the molecule is FC(F)(F)c1cccc(CNC2=NCCS2)c1Cl. The molecule has 0 aliphatic carbocycles. The number of thioether (sulfide) groups is 1.